The van der Waals surface area contributed by atoms with Crippen LogP contribution in [0.25, 0.3) is 6.08 Å². The van der Waals surface area contributed by atoms with Gasteiger partial charge in [0.1, 0.15) is 11.3 Å². The van der Waals surface area contributed by atoms with Gasteiger partial charge < -0.3 is 4.74 Å². The molecule has 4 amide bonds. The minimum absolute atomic E-state index is 0.0840. The van der Waals surface area contributed by atoms with Gasteiger partial charge in [0.2, 0.25) is 0 Å². The number of ether oxygens (including phenoxy) is 1. The topological polar surface area (TPSA) is 75.7 Å². The van der Waals surface area contributed by atoms with Crippen molar-refractivity contribution in [3.63, 3.8) is 0 Å². The summed E-state index contributed by atoms with van der Waals surface area (Å²) in [4.78, 5) is 39.6. The van der Waals surface area contributed by atoms with Gasteiger partial charge in [-0.05, 0) is 37.3 Å². The molecule has 2 heterocycles. The molecule has 1 aromatic carbocycles. The van der Waals surface area contributed by atoms with Crippen LogP contribution in [-0.2, 0) is 9.59 Å². The summed E-state index contributed by atoms with van der Waals surface area (Å²) in [5, 5.41) is 2.20. The van der Waals surface area contributed by atoms with Gasteiger partial charge in [-0.1, -0.05) is 6.07 Å². The van der Waals surface area contributed by atoms with Crippen molar-refractivity contribution < 1.29 is 19.1 Å². The maximum absolute atomic E-state index is 12.7. The summed E-state index contributed by atoms with van der Waals surface area (Å²) in [6.07, 6.45) is 1.49. The number of benzene rings is 1. The first kappa shape index (κ1) is 15.9. The third-order valence-electron chi connectivity index (χ3n) is 3.46. The van der Waals surface area contributed by atoms with Crippen LogP contribution in [0, 0.1) is 6.92 Å². The lowest BCUT2D eigenvalue weighted by Crippen LogP contribution is -2.54. The first-order chi connectivity index (χ1) is 11.5. The number of nitrogens with zero attached hydrogens (tertiary/aromatic N) is 1. The Morgan fingerprint density at radius 3 is 2.62 bits per heavy atom. The van der Waals surface area contributed by atoms with Crippen molar-refractivity contribution in [1.29, 1.82) is 0 Å². The molecule has 3 rings (SSSR count). The number of anilines is 1. The highest BCUT2D eigenvalue weighted by molar-refractivity contribution is 7.12. The number of nitrogens with one attached hydrogen (secondary N) is 1. The highest BCUT2D eigenvalue weighted by atomic mass is 32.1. The maximum atomic E-state index is 12.7. The number of methoxy groups -OCH3 is 1. The summed E-state index contributed by atoms with van der Waals surface area (Å²) >= 11 is 1.46. The molecule has 1 saturated heterocycles. The molecule has 2 aromatic rings. The van der Waals surface area contributed by atoms with Gasteiger partial charge in [-0.15, -0.1) is 11.3 Å². The van der Waals surface area contributed by atoms with Crippen LogP contribution in [0.5, 0.6) is 5.75 Å². The van der Waals surface area contributed by atoms with Crippen LogP contribution in [0.2, 0.25) is 0 Å². The average molecular weight is 342 g/mol. The Morgan fingerprint density at radius 1 is 1.17 bits per heavy atom. The number of amides is 4. The van der Waals surface area contributed by atoms with Crippen LogP contribution >= 0.6 is 11.3 Å². The number of carbonyl (C=O) groups excluding carboxylic acids is 3. The number of hydrogen-bond donors (Lipinski definition) is 1. The predicted molar refractivity (Wildman–Crippen MR) is 91.1 cm³/mol. The van der Waals surface area contributed by atoms with E-state index in [4.69, 9.17) is 4.74 Å². The van der Waals surface area contributed by atoms with Crippen LogP contribution in [0.15, 0.2) is 42.0 Å². The summed E-state index contributed by atoms with van der Waals surface area (Å²) in [7, 11) is 1.49. The van der Waals surface area contributed by atoms with E-state index in [0.717, 1.165) is 14.7 Å². The number of imide groups is 2. The number of thiophene rings is 1. The Kier molecular flexibility index (Phi) is 4.18. The quantitative estimate of drug-likeness (QED) is 0.687. The molecule has 1 fully saturated rings. The van der Waals surface area contributed by atoms with Gasteiger partial charge >= 0.3 is 6.03 Å². The number of urea groups is 1. The molecule has 0 aliphatic carbocycles. The molecule has 24 heavy (non-hydrogen) atoms. The van der Waals surface area contributed by atoms with Crippen molar-refractivity contribution in [3.05, 3.63) is 51.7 Å². The highest BCUT2D eigenvalue weighted by Crippen LogP contribution is 2.26. The molecule has 0 saturated carbocycles. The first-order valence-corrected chi connectivity index (χ1v) is 7.93. The molecule has 0 unspecified atom stereocenters. The zero-order chi connectivity index (χ0) is 17.3. The van der Waals surface area contributed by atoms with E-state index < -0.39 is 17.8 Å². The van der Waals surface area contributed by atoms with Gasteiger partial charge in [0.15, 0.2) is 0 Å². The molecule has 0 bridgehead atoms. The minimum Gasteiger partial charge on any atom is -0.497 e. The number of barbiturate groups is 1. The van der Waals surface area contributed by atoms with E-state index in [2.05, 4.69) is 5.32 Å². The van der Waals surface area contributed by atoms with Gasteiger partial charge in [0.05, 0.1) is 12.8 Å². The molecular formula is C17H14N2O4S. The van der Waals surface area contributed by atoms with E-state index in [1.54, 1.807) is 24.3 Å². The third-order valence-corrected chi connectivity index (χ3v) is 4.41. The largest absolute Gasteiger partial charge is 0.497 e. The normalized spacial score (nSPS) is 16.5. The summed E-state index contributed by atoms with van der Waals surface area (Å²) in [5.41, 5.74) is 0.247. The molecule has 0 radical (unpaired) electrons. The Morgan fingerprint density at radius 2 is 1.96 bits per heavy atom. The van der Waals surface area contributed by atoms with Gasteiger partial charge in [0, 0.05) is 15.8 Å². The maximum Gasteiger partial charge on any atom is 0.335 e. The molecule has 1 aromatic heterocycles. The lowest BCUT2D eigenvalue weighted by molar-refractivity contribution is -0.122. The average Bonchev–Trinajstić information content (AvgIpc) is 2.96. The molecule has 6 nitrogen and oxygen atoms in total. The summed E-state index contributed by atoms with van der Waals surface area (Å²) in [6, 6.07) is 9.46. The molecule has 1 aliphatic rings. The zero-order valence-electron chi connectivity index (χ0n) is 13.0. The number of carbonyl (C=O) groups is 3. The van der Waals surface area contributed by atoms with Crippen molar-refractivity contribution in [1.82, 2.24) is 5.32 Å². The summed E-state index contributed by atoms with van der Waals surface area (Å²) in [5.74, 6) is -0.859. The Balaban J connectivity index is 2.01. The van der Waals surface area contributed by atoms with Crippen LogP contribution in [0.4, 0.5) is 10.5 Å². The number of aryl methyl sites for hydroxylation is 1. The van der Waals surface area contributed by atoms with Gasteiger partial charge in [-0.25, -0.2) is 9.69 Å². The lowest BCUT2D eigenvalue weighted by Gasteiger charge is -2.26. The first-order valence-electron chi connectivity index (χ1n) is 7.11. The Hall–Kier alpha value is -2.93. The van der Waals surface area contributed by atoms with Crippen LogP contribution in [0.1, 0.15) is 9.75 Å². The van der Waals surface area contributed by atoms with Crippen molar-refractivity contribution in [2.45, 2.75) is 6.92 Å². The van der Waals surface area contributed by atoms with Gasteiger partial charge in [-0.2, -0.15) is 0 Å². The van der Waals surface area contributed by atoms with Crippen LogP contribution in [-0.4, -0.2) is 25.0 Å². The predicted octanol–water partition coefficient (Wildman–Crippen LogP) is 2.73. The van der Waals surface area contributed by atoms with Crippen molar-refractivity contribution in [2.75, 3.05) is 12.0 Å². The van der Waals surface area contributed by atoms with Gasteiger partial charge in [0.25, 0.3) is 11.8 Å². The molecule has 1 N–H and O–H groups in total. The molecular weight excluding hydrogens is 328 g/mol. The molecule has 0 spiro atoms. The summed E-state index contributed by atoms with van der Waals surface area (Å²) in [6.45, 7) is 1.93. The third kappa shape index (κ3) is 2.93. The second-order valence-corrected chi connectivity index (χ2v) is 6.43. The van der Waals surface area contributed by atoms with Crippen molar-refractivity contribution >= 4 is 40.9 Å². The van der Waals surface area contributed by atoms with Crippen molar-refractivity contribution in [3.8, 4) is 5.75 Å². The van der Waals surface area contributed by atoms with Crippen LogP contribution < -0.4 is 15.0 Å². The number of rotatable bonds is 3. The fraction of sp³-hybridized carbons (Fsp3) is 0.118. The van der Waals surface area contributed by atoms with Crippen molar-refractivity contribution in [2.24, 2.45) is 0 Å². The molecule has 122 valence electrons. The van der Waals surface area contributed by atoms with E-state index in [0.29, 0.717) is 11.4 Å². The van der Waals surface area contributed by atoms with Crippen LogP contribution in [0.3, 0.4) is 0 Å². The Labute approximate surface area is 142 Å². The standard InChI is InChI=1S/C17H14N2O4S/c1-10-6-7-13(24-10)9-14-15(20)18-17(22)19(16(14)21)11-4-3-5-12(8-11)23-2/h3-9H,1-2H3,(H,18,20,22)/b14-9-. The van der Waals surface area contributed by atoms with E-state index in [1.807, 2.05) is 19.1 Å². The monoisotopic (exact) mass is 342 g/mol. The second-order valence-electron chi connectivity index (χ2n) is 5.11. The second kappa shape index (κ2) is 6.29. The highest BCUT2D eigenvalue weighted by Gasteiger charge is 2.37. The van der Waals surface area contributed by atoms with E-state index in [9.17, 15) is 14.4 Å². The minimum atomic E-state index is -0.780. The summed E-state index contributed by atoms with van der Waals surface area (Å²) < 4.78 is 5.11. The fourth-order valence-electron chi connectivity index (χ4n) is 2.31. The lowest BCUT2D eigenvalue weighted by atomic mass is 10.1. The Bertz CT molecular complexity index is 869. The number of hydrogen-bond acceptors (Lipinski definition) is 5. The van der Waals surface area contributed by atoms with Gasteiger partial charge in [-0.3, -0.25) is 14.9 Å². The van der Waals surface area contributed by atoms with E-state index in [-0.39, 0.29) is 5.57 Å². The van der Waals surface area contributed by atoms with E-state index >= 15 is 0 Å². The van der Waals surface area contributed by atoms with E-state index in [1.165, 1.54) is 24.5 Å². The zero-order valence-corrected chi connectivity index (χ0v) is 13.8. The molecule has 0 atom stereocenters. The molecule has 1 aliphatic heterocycles. The fourth-order valence-corrected chi connectivity index (χ4v) is 3.14. The smallest absolute Gasteiger partial charge is 0.335 e. The SMILES string of the molecule is COc1cccc(N2C(=O)NC(=O)/C(=C/c3ccc(C)s3)C2=O)c1. The molecule has 7 heteroatoms.